The highest BCUT2D eigenvalue weighted by Crippen LogP contribution is 2.02. The van der Waals surface area contributed by atoms with E-state index < -0.39 is 24.7 Å². The van der Waals surface area contributed by atoms with Crippen LogP contribution in [0.1, 0.15) is 12.8 Å². The lowest BCUT2D eigenvalue weighted by molar-refractivity contribution is -0.139. The van der Waals surface area contributed by atoms with Crippen molar-refractivity contribution in [2.45, 2.75) is 18.9 Å². The van der Waals surface area contributed by atoms with Crippen LogP contribution in [0, 0.1) is 0 Å². The minimum Gasteiger partial charge on any atom is -0.480 e. The van der Waals surface area contributed by atoms with Gasteiger partial charge in [0.25, 0.3) is 0 Å². The van der Waals surface area contributed by atoms with Gasteiger partial charge in [0.15, 0.2) is 0 Å². The third-order valence-corrected chi connectivity index (χ3v) is 2.52. The third-order valence-electron chi connectivity index (χ3n) is 2.52. The first kappa shape index (κ1) is 13.7. The van der Waals surface area contributed by atoms with Gasteiger partial charge >= 0.3 is 12.0 Å². The Bertz CT molecular complexity index is 269. The fourth-order valence-corrected chi connectivity index (χ4v) is 1.55. The standard InChI is InChI=1S/C10H17FN2O4/c11-3-1-2-8(9(14)15)12-10(16)13-4-6-17-7-5-13/h8H,1-7H2,(H,12,16)(H,14,15). The Hall–Kier alpha value is -1.37. The van der Waals surface area contributed by atoms with Gasteiger partial charge in [-0.1, -0.05) is 0 Å². The van der Waals surface area contributed by atoms with Gasteiger partial charge in [-0.05, 0) is 12.8 Å². The van der Waals surface area contributed by atoms with Gasteiger partial charge < -0.3 is 20.1 Å². The van der Waals surface area contributed by atoms with Crippen LogP contribution in [0.5, 0.6) is 0 Å². The molecule has 17 heavy (non-hydrogen) atoms. The Kier molecular flexibility index (Phi) is 5.68. The molecule has 1 heterocycles. The van der Waals surface area contributed by atoms with Crippen molar-refractivity contribution < 1.29 is 23.8 Å². The van der Waals surface area contributed by atoms with Crippen LogP contribution in [0.25, 0.3) is 0 Å². The van der Waals surface area contributed by atoms with Gasteiger partial charge in [0.05, 0.1) is 19.9 Å². The van der Waals surface area contributed by atoms with Gasteiger partial charge in [0.2, 0.25) is 0 Å². The van der Waals surface area contributed by atoms with Crippen LogP contribution in [-0.4, -0.2) is 61.0 Å². The number of urea groups is 1. The van der Waals surface area contributed by atoms with Crippen molar-refractivity contribution in [3.63, 3.8) is 0 Å². The summed E-state index contributed by atoms with van der Waals surface area (Å²) in [6.07, 6.45) is 0.224. The van der Waals surface area contributed by atoms with Crippen LogP contribution in [0.2, 0.25) is 0 Å². The first-order chi connectivity index (χ1) is 8.15. The molecular formula is C10H17FN2O4. The molecule has 0 radical (unpaired) electrons. The molecule has 2 amide bonds. The Labute approximate surface area is 98.7 Å². The molecule has 0 aliphatic carbocycles. The molecule has 2 N–H and O–H groups in total. The first-order valence-electron chi connectivity index (χ1n) is 5.57. The molecule has 1 unspecified atom stereocenters. The van der Waals surface area contributed by atoms with Crippen molar-refractivity contribution in [3.8, 4) is 0 Å². The number of rotatable bonds is 5. The molecule has 0 bridgehead atoms. The summed E-state index contributed by atoms with van der Waals surface area (Å²) in [6.45, 7) is 1.21. The number of carbonyl (C=O) groups excluding carboxylic acids is 1. The maximum atomic E-state index is 12.0. The van der Waals surface area contributed by atoms with E-state index in [0.717, 1.165) is 0 Å². The van der Waals surface area contributed by atoms with Crippen molar-refractivity contribution >= 4 is 12.0 Å². The van der Waals surface area contributed by atoms with Crippen LogP contribution >= 0.6 is 0 Å². The highest BCUT2D eigenvalue weighted by Gasteiger charge is 2.23. The fraction of sp³-hybridized carbons (Fsp3) is 0.800. The Morgan fingerprint density at radius 3 is 2.59 bits per heavy atom. The average Bonchev–Trinajstić information content (AvgIpc) is 2.35. The number of ether oxygens (including phenoxy) is 1. The molecule has 0 aromatic carbocycles. The van der Waals surface area contributed by atoms with E-state index in [0.29, 0.717) is 26.3 Å². The van der Waals surface area contributed by atoms with E-state index in [9.17, 15) is 14.0 Å². The number of hydrogen-bond acceptors (Lipinski definition) is 3. The van der Waals surface area contributed by atoms with Gasteiger partial charge in [-0.2, -0.15) is 0 Å². The van der Waals surface area contributed by atoms with Crippen molar-refractivity contribution in [2.24, 2.45) is 0 Å². The van der Waals surface area contributed by atoms with Crippen molar-refractivity contribution in [2.75, 3.05) is 33.0 Å². The fourth-order valence-electron chi connectivity index (χ4n) is 1.55. The summed E-state index contributed by atoms with van der Waals surface area (Å²) in [6, 6.07) is -1.46. The number of hydrogen-bond donors (Lipinski definition) is 2. The molecule has 7 heteroatoms. The largest absolute Gasteiger partial charge is 0.480 e. The lowest BCUT2D eigenvalue weighted by Crippen LogP contribution is -2.51. The first-order valence-corrected chi connectivity index (χ1v) is 5.57. The average molecular weight is 248 g/mol. The molecule has 1 saturated heterocycles. The summed E-state index contributed by atoms with van der Waals surface area (Å²) in [5.74, 6) is -1.14. The van der Waals surface area contributed by atoms with Gasteiger partial charge in [0, 0.05) is 13.1 Å². The minimum atomic E-state index is -1.14. The lowest BCUT2D eigenvalue weighted by Gasteiger charge is -2.28. The Balaban J connectivity index is 2.42. The van der Waals surface area contributed by atoms with E-state index in [1.165, 1.54) is 4.90 Å². The molecule has 6 nitrogen and oxygen atoms in total. The van der Waals surface area contributed by atoms with Gasteiger partial charge in [-0.25, -0.2) is 9.59 Å². The van der Waals surface area contributed by atoms with E-state index in [1.54, 1.807) is 0 Å². The SMILES string of the molecule is O=C(O)C(CCCF)NC(=O)N1CCOCC1. The summed E-state index contributed by atoms with van der Waals surface area (Å²) in [7, 11) is 0. The highest BCUT2D eigenvalue weighted by atomic mass is 19.1. The third kappa shape index (κ3) is 4.56. The number of amides is 2. The van der Waals surface area contributed by atoms with E-state index in [4.69, 9.17) is 9.84 Å². The molecule has 1 atom stereocenters. The normalized spacial score (nSPS) is 17.6. The van der Waals surface area contributed by atoms with Crippen LogP contribution in [0.3, 0.4) is 0 Å². The number of carboxylic acids is 1. The van der Waals surface area contributed by atoms with Crippen molar-refractivity contribution in [1.82, 2.24) is 10.2 Å². The molecule has 1 aliphatic heterocycles. The molecule has 0 saturated carbocycles. The van der Waals surface area contributed by atoms with Crippen molar-refractivity contribution in [1.29, 1.82) is 0 Å². The summed E-state index contributed by atoms with van der Waals surface area (Å²) < 4.78 is 17.1. The van der Waals surface area contributed by atoms with Crippen molar-refractivity contribution in [3.05, 3.63) is 0 Å². The quantitative estimate of drug-likeness (QED) is 0.730. The number of alkyl halides is 1. The molecular weight excluding hydrogens is 231 g/mol. The maximum absolute atomic E-state index is 12.0. The minimum absolute atomic E-state index is 0.0991. The Morgan fingerprint density at radius 2 is 2.06 bits per heavy atom. The van der Waals surface area contributed by atoms with E-state index in [-0.39, 0.29) is 12.8 Å². The van der Waals surface area contributed by atoms with Gasteiger partial charge in [-0.15, -0.1) is 0 Å². The smallest absolute Gasteiger partial charge is 0.326 e. The molecule has 1 rings (SSSR count). The number of halogens is 1. The molecule has 1 fully saturated rings. The predicted octanol–water partition coefficient (Wildman–Crippen LogP) is 0.231. The number of aliphatic carboxylic acids is 1. The topological polar surface area (TPSA) is 78.9 Å². The van der Waals surface area contributed by atoms with Crippen LogP contribution in [0.4, 0.5) is 9.18 Å². The van der Waals surface area contributed by atoms with Gasteiger partial charge in [-0.3, -0.25) is 4.39 Å². The highest BCUT2D eigenvalue weighted by molar-refractivity contribution is 5.82. The second-order valence-corrected chi connectivity index (χ2v) is 3.77. The molecule has 0 aromatic rings. The molecule has 1 aliphatic rings. The number of morpholine rings is 1. The van der Waals surface area contributed by atoms with Crippen LogP contribution in [-0.2, 0) is 9.53 Å². The van der Waals surface area contributed by atoms with Crippen LogP contribution < -0.4 is 5.32 Å². The lowest BCUT2D eigenvalue weighted by atomic mass is 10.1. The number of carboxylic acid groups (broad SMARTS) is 1. The van der Waals surface area contributed by atoms with E-state index >= 15 is 0 Å². The Morgan fingerprint density at radius 1 is 1.41 bits per heavy atom. The molecule has 0 aromatic heterocycles. The number of carbonyl (C=O) groups is 2. The number of nitrogens with one attached hydrogen (secondary N) is 1. The zero-order valence-corrected chi connectivity index (χ0v) is 9.52. The second-order valence-electron chi connectivity index (χ2n) is 3.77. The predicted molar refractivity (Wildman–Crippen MR) is 57.6 cm³/mol. The molecule has 98 valence electrons. The van der Waals surface area contributed by atoms with E-state index in [2.05, 4.69) is 5.32 Å². The summed E-state index contributed by atoms with van der Waals surface area (Å²) >= 11 is 0. The summed E-state index contributed by atoms with van der Waals surface area (Å²) in [5, 5.41) is 11.3. The van der Waals surface area contributed by atoms with Gasteiger partial charge in [0.1, 0.15) is 6.04 Å². The van der Waals surface area contributed by atoms with E-state index in [1.807, 2.05) is 0 Å². The summed E-state index contributed by atoms with van der Waals surface area (Å²) in [4.78, 5) is 24.0. The summed E-state index contributed by atoms with van der Waals surface area (Å²) in [5.41, 5.74) is 0. The van der Waals surface area contributed by atoms with Crippen LogP contribution in [0.15, 0.2) is 0 Å². The zero-order chi connectivity index (χ0) is 12.7. The maximum Gasteiger partial charge on any atom is 0.326 e. The molecule has 0 spiro atoms. The zero-order valence-electron chi connectivity index (χ0n) is 9.52. The number of nitrogens with zero attached hydrogens (tertiary/aromatic N) is 1. The monoisotopic (exact) mass is 248 g/mol. The second kappa shape index (κ2) is 7.05.